The third-order valence-corrected chi connectivity index (χ3v) is 7.78. The van der Waals surface area contributed by atoms with Gasteiger partial charge in [0.05, 0.1) is 35.3 Å². The van der Waals surface area contributed by atoms with Crippen LogP contribution in [0.5, 0.6) is 5.75 Å². The molecule has 0 saturated heterocycles. The Morgan fingerprint density at radius 1 is 1.00 bits per heavy atom. The second kappa shape index (κ2) is 9.95. The number of sulfone groups is 1. The van der Waals surface area contributed by atoms with Crippen molar-refractivity contribution >= 4 is 38.9 Å². The maximum atomic E-state index is 14.2. The average molecular weight is 555 g/mol. The molecule has 0 saturated carbocycles. The summed E-state index contributed by atoms with van der Waals surface area (Å²) in [7, 11) is -3.00. The number of amides is 1. The zero-order valence-corrected chi connectivity index (χ0v) is 21.1. The highest BCUT2D eigenvalue weighted by Gasteiger charge is 2.44. The zero-order valence-electron chi connectivity index (χ0n) is 20.3. The predicted molar refractivity (Wildman–Crippen MR) is 135 cm³/mol. The molecule has 12 heteroatoms. The molecular formula is C27H20F2N2O7S. The molecule has 39 heavy (non-hydrogen) atoms. The van der Waals surface area contributed by atoms with Crippen molar-refractivity contribution < 1.29 is 41.1 Å². The first-order chi connectivity index (χ1) is 18.6. The van der Waals surface area contributed by atoms with E-state index < -0.39 is 51.7 Å². The largest absolute Gasteiger partial charge is 0.482 e. The zero-order chi connectivity index (χ0) is 27.9. The van der Waals surface area contributed by atoms with E-state index in [2.05, 4.69) is 10.1 Å². The highest BCUT2D eigenvalue weighted by molar-refractivity contribution is 7.94. The van der Waals surface area contributed by atoms with E-state index in [1.165, 1.54) is 60.5 Å². The second-order valence-corrected chi connectivity index (χ2v) is 10.5. The molecule has 0 aromatic heterocycles. The minimum absolute atomic E-state index is 0.0704. The fraction of sp³-hybridized carbons (Fsp3) is 0.148. The summed E-state index contributed by atoms with van der Waals surface area (Å²) in [5, 5.41) is 3.62. The van der Waals surface area contributed by atoms with E-state index in [4.69, 9.17) is 4.74 Å². The maximum Gasteiger partial charge on any atom is 0.343 e. The lowest BCUT2D eigenvalue weighted by Crippen LogP contribution is -2.46. The summed E-state index contributed by atoms with van der Waals surface area (Å²) in [5.41, 5.74) is 0.461. The first kappa shape index (κ1) is 26.0. The van der Waals surface area contributed by atoms with Crippen molar-refractivity contribution in [3.8, 4) is 5.75 Å². The molecule has 2 aliphatic rings. The predicted octanol–water partition coefficient (Wildman–Crippen LogP) is 3.60. The molecule has 5 rings (SSSR count). The van der Waals surface area contributed by atoms with Gasteiger partial charge >= 0.3 is 5.97 Å². The molecular weight excluding hydrogens is 534 g/mol. The number of benzene rings is 3. The van der Waals surface area contributed by atoms with Gasteiger partial charge in [-0.3, -0.25) is 9.59 Å². The Kier molecular flexibility index (Phi) is 6.64. The highest BCUT2D eigenvalue weighted by Crippen LogP contribution is 2.40. The Morgan fingerprint density at radius 2 is 1.72 bits per heavy atom. The van der Waals surface area contributed by atoms with Gasteiger partial charge in [-0.05, 0) is 48.0 Å². The smallest absolute Gasteiger partial charge is 0.343 e. The SMILES string of the molecule is COC(=O)COc1ccc2c(c1)S(=O)(=O)C=C(C1C(=O)c3cc(F)ccc3N(Cc3ccc(F)cc3)C1=O)N2. The molecule has 0 aliphatic carbocycles. The average Bonchev–Trinajstić information content (AvgIpc) is 2.90. The molecule has 9 nitrogen and oxygen atoms in total. The van der Waals surface area contributed by atoms with Gasteiger partial charge in [0, 0.05) is 17.3 Å². The molecule has 2 heterocycles. The molecule has 0 spiro atoms. The van der Waals surface area contributed by atoms with Crippen LogP contribution in [0.25, 0.3) is 0 Å². The van der Waals surface area contributed by atoms with Crippen LogP contribution in [-0.2, 0) is 30.7 Å². The van der Waals surface area contributed by atoms with E-state index in [9.17, 15) is 31.6 Å². The van der Waals surface area contributed by atoms with Crippen LogP contribution in [0.1, 0.15) is 15.9 Å². The Bertz CT molecular complexity index is 1650. The Labute approximate surface area is 221 Å². The molecule has 1 amide bonds. The summed E-state index contributed by atoms with van der Waals surface area (Å²) in [6, 6.07) is 12.7. The van der Waals surface area contributed by atoms with Crippen LogP contribution in [0.3, 0.4) is 0 Å². The Balaban J connectivity index is 1.52. The number of carbonyl (C=O) groups is 3. The van der Waals surface area contributed by atoms with Crippen molar-refractivity contribution in [3.05, 3.63) is 94.5 Å². The standard InChI is InChI=1S/C27H20F2N2O7S/c1-37-24(32)13-38-18-7-8-20-23(11-18)39(35,36)14-21(30-20)25-26(33)19-10-17(29)6-9-22(19)31(27(25)34)12-15-2-4-16(28)5-3-15/h2-11,14,25,30H,12-13H2,1H3. The van der Waals surface area contributed by atoms with Crippen LogP contribution in [0.4, 0.5) is 20.2 Å². The number of Topliss-reactive ketones (excluding diaryl/α,β-unsaturated/α-hetero) is 1. The number of hydrogen-bond donors (Lipinski definition) is 1. The number of carbonyl (C=O) groups excluding carboxylic acids is 3. The van der Waals surface area contributed by atoms with Crippen molar-refractivity contribution in [2.75, 3.05) is 23.9 Å². The molecule has 200 valence electrons. The van der Waals surface area contributed by atoms with Gasteiger partial charge in [-0.15, -0.1) is 0 Å². The van der Waals surface area contributed by atoms with E-state index in [1.807, 2.05) is 0 Å². The lowest BCUT2D eigenvalue weighted by Gasteiger charge is -2.35. The molecule has 2 aliphatic heterocycles. The second-order valence-electron chi connectivity index (χ2n) is 8.78. The van der Waals surface area contributed by atoms with Gasteiger partial charge in [-0.1, -0.05) is 12.1 Å². The number of ether oxygens (including phenoxy) is 2. The molecule has 3 aromatic carbocycles. The van der Waals surface area contributed by atoms with Gasteiger partial charge < -0.3 is 19.7 Å². The first-order valence-corrected chi connectivity index (χ1v) is 13.1. The maximum absolute atomic E-state index is 14.2. The molecule has 1 unspecified atom stereocenters. The van der Waals surface area contributed by atoms with Crippen LogP contribution < -0.4 is 15.0 Å². The summed E-state index contributed by atoms with van der Waals surface area (Å²) in [4.78, 5) is 39.6. The number of methoxy groups -OCH3 is 1. The van der Waals surface area contributed by atoms with E-state index in [0.717, 1.165) is 17.5 Å². The van der Waals surface area contributed by atoms with Crippen LogP contribution >= 0.6 is 0 Å². The van der Waals surface area contributed by atoms with Crippen molar-refractivity contribution in [3.63, 3.8) is 0 Å². The van der Waals surface area contributed by atoms with Gasteiger partial charge in [0.15, 0.2) is 12.4 Å². The highest BCUT2D eigenvalue weighted by atomic mass is 32.2. The first-order valence-electron chi connectivity index (χ1n) is 11.5. The van der Waals surface area contributed by atoms with Crippen LogP contribution in [0, 0.1) is 17.6 Å². The lowest BCUT2D eigenvalue weighted by atomic mass is 9.87. The number of halogens is 2. The van der Waals surface area contributed by atoms with E-state index in [1.54, 1.807) is 0 Å². The third kappa shape index (κ3) is 4.98. The number of hydrogen-bond acceptors (Lipinski definition) is 8. The third-order valence-electron chi connectivity index (χ3n) is 6.26. The molecule has 1 atom stereocenters. The molecule has 0 radical (unpaired) electrons. The quantitative estimate of drug-likeness (QED) is 0.363. The minimum atomic E-state index is -4.18. The summed E-state index contributed by atoms with van der Waals surface area (Å²) in [6.07, 6.45) is 0. The van der Waals surface area contributed by atoms with Crippen LogP contribution in [0.15, 0.2) is 76.7 Å². The fourth-order valence-corrected chi connectivity index (χ4v) is 5.74. The molecule has 0 fully saturated rings. The van der Waals surface area contributed by atoms with Crippen molar-refractivity contribution in [1.82, 2.24) is 0 Å². The van der Waals surface area contributed by atoms with Crippen LogP contribution in [-0.4, -0.2) is 39.8 Å². The number of rotatable bonds is 6. The topological polar surface area (TPSA) is 119 Å². The number of anilines is 2. The van der Waals surface area contributed by atoms with Gasteiger partial charge in [-0.2, -0.15) is 0 Å². The Morgan fingerprint density at radius 3 is 2.44 bits per heavy atom. The number of esters is 1. The monoisotopic (exact) mass is 554 g/mol. The molecule has 0 bridgehead atoms. The molecule has 3 aromatic rings. The summed E-state index contributed by atoms with van der Waals surface area (Å²) in [5.74, 6) is -4.89. The van der Waals surface area contributed by atoms with Gasteiger partial charge in [0.25, 0.3) is 0 Å². The van der Waals surface area contributed by atoms with Crippen molar-refractivity contribution in [2.45, 2.75) is 11.4 Å². The van der Waals surface area contributed by atoms with Crippen molar-refractivity contribution in [1.29, 1.82) is 0 Å². The molecule has 1 N–H and O–H groups in total. The lowest BCUT2D eigenvalue weighted by molar-refractivity contribution is -0.142. The fourth-order valence-electron chi connectivity index (χ4n) is 4.38. The summed E-state index contributed by atoms with van der Waals surface area (Å²) in [6.45, 7) is -0.506. The van der Waals surface area contributed by atoms with E-state index >= 15 is 0 Å². The van der Waals surface area contributed by atoms with Gasteiger partial charge in [0.1, 0.15) is 23.3 Å². The van der Waals surface area contributed by atoms with E-state index in [-0.39, 0.29) is 39.8 Å². The Hall–Kier alpha value is -4.58. The number of nitrogens with zero attached hydrogens (tertiary/aromatic N) is 1. The normalized spacial score (nSPS) is 17.5. The summed E-state index contributed by atoms with van der Waals surface area (Å²) < 4.78 is 63.7. The van der Waals surface area contributed by atoms with Crippen LogP contribution in [0.2, 0.25) is 0 Å². The van der Waals surface area contributed by atoms with Gasteiger partial charge in [0.2, 0.25) is 15.7 Å². The minimum Gasteiger partial charge on any atom is -0.482 e. The number of nitrogens with one attached hydrogen (secondary N) is 1. The van der Waals surface area contributed by atoms with E-state index in [0.29, 0.717) is 5.56 Å². The number of ketones is 1. The number of fused-ring (bicyclic) bond motifs is 2. The summed E-state index contributed by atoms with van der Waals surface area (Å²) >= 11 is 0. The van der Waals surface area contributed by atoms with Gasteiger partial charge in [-0.25, -0.2) is 22.0 Å². The van der Waals surface area contributed by atoms with Crippen molar-refractivity contribution in [2.24, 2.45) is 5.92 Å².